The first-order valence-corrected chi connectivity index (χ1v) is 7.43. The summed E-state index contributed by atoms with van der Waals surface area (Å²) in [6, 6.07) is 5.26. The summed E-state index contributed by atoms with van der Waals surface area (Å²) in [5, 5.41) is 3.14. The Bertz CT molecular complexity index is 554. The molecule has 1 aromatic rings. The van der Waals surface area contributed by atoms with E-state index in [1.165, 1.54) is 33.5 Å². The van der Waals surface area contributed by atoms with E-state index in [0.29, 0.717) is 23.8 Å². The first-order chi connectivity index (χ1) is 10.6. The molecular formula is C16H23N3O3. The minimum absolute atomic E-state index is 0.397. The van der Waals surface area contributed by atoms with Crippen LogP contribution < -0.4 is 15.8 Å². The van der Waals surface area contributed by atoms with E-state index in [-0.39, 0.29) is 0 Å². The van der Waals surface area contributed by atoms with Gasteiger partial charge in [-0.25, -0.2) is 9.79 Å². The van der Waals surface area contributed by atoms with Gasteiger partial charge in [-0.1, -0.05) is 12.5 Å². The third-order valence-electron chi connectivity index (χ3n) is 3.90. The highest BCUT2D eigenvalue weighted by molar-refractivity contribution is 5.92. The van der Waals surface area contributed by atoms with E-state index in [2.05, 4.69) is 10.3 Å². The zero-order chi connectivity index (χ0) is 15.9. The van der Waals surface area contributed by atoms with Crippen molar-refractivity contribution in [2.45, 2.75) is 25.8 Å². The van der Waals surface area contributed by atoms with E-state index in [0.717, 1.165) is 18.0 Å². The summed E-state index contributed by atoms with van der Waals surface area (Å²) < 4.78 is 9.93. The lowest BCUT2D eigenvalue weighted by Gasteiger charge is -2.25. The van der Waals surface area contributed by atoms with Crippen molar-refractivity contribution in [3.63, 3.8) is 0 Å². The first kappa shape index (κ1) is 16.1. The molecule has 6 nitrogen and oxygen atoms in total. The molecule has 2 rings (SSSR count). The van der Waals surface area contributed by atoms with E-state index < -0.39 is 5.97 Å². The van der Waals surface area contributed by atoms with Gasteiger partial charge >= 0.3 is 5.97 Å². The molecule has 0 heterocycles. The third kappa shape index (κ3) is 4.13. The van der Waals surface area contributed by atoms with E-state index in [1.54, 1.807) is 12.1 Å². The second-order valence-electron chi connectivity index (χ2n) is 5.41. The number of ether oxygens (including phenoxy) is 2. The maximum Gasteiger partial charge on any atom is 0.341 e. The molecule has 0 aromatic heterocycles. The van der Waals surface area contributed by atoms with E-state index in [9.17, 15) is 4.79 Å². The number of benzene rings is 1. The summed E-state index contributed by atoms with van der Waals surface area (Å²) in [6.07, 6.45) is 3.86. The van der Waals surface area contributed by atoms with Gasteiger partial charge in [0.2, 0.25) is 0 Å². The van der Waals surface area contributed by atoms with Crippen molar-refractivity contribution in [2.75, 3.05) is 20.8 Å². The topological polar surface area (TPSA) is 85.9 Å². The fraction of sp³-hybridized carbons (Fsp3) is 0.500. The number of nitrogens with zero attached hydrogens (tertiary/aromatic N) is 1. The molecule has 0 bridgehead atoms. The second kappa shape index (κ2) is 7.68. The van der Waals surface area contributed by atoms with Crippen LogP contribution in [0.4, 0.5) is 0 Å². The Hall–Kier alpha value is -2.24. The molecule has 1 aliphatic rings. The number of nitrogens with one attached hydrogen (secondary N) is 1. The molecule has 0 saturated heterocycles. The van der Waals surface area contributed by atoms with Crippen LogP contribution >= 0.6 is 0 Å². The molecule has 0 radical (unpaired) electrons. The summed E-state index contributed by atoms with van der Waals surface area (Å²) in [6.45, 7) is 1.32. The number of hydrogen-bond acceptors (Lipinski definition) is 4. The Morgan fingerprint density at radius 1 is 1.41 bits per heavy atom. The van der Waals surface area contributed by atoms with Gasteiger partial charge in [-0.3, -0.25) is 0 Å². The van der Waals surface area contributed by atoms with Crippen LogP contribution in [0.1, 0.15) is 35.2 Å². The lowest BCUT2D eigenvalue weighted by atomic mass is 9.85. The molecule has 0 aliphatic heterocycles. The van der Waals surface area contributed by atoms with Crippen LogP contribution in [0.15, 0.2) is 23.2 Å². The number of carbonyl (C=O) groups is 1. The quantitative estimate of drug-likeness (QED) is 0.474. The van der Waals surface area contributed by atoms with Crippen molar-refractivity contribution in [1.29, 1.82) is 0 Å². The summed E-state index contributed by atoms with van der Waals surface area (Å²) in [7, 11) is 2.86. The molecule has 0 unspecified atom stereocenters. The molecule has 0 spiro atoms. The van der Waals surface area contributed by atoms with E-state index in [4.69, 9.17) is 15.2 Å². The molecule has 1 aromatic carbocycles. The van der Waals surface area contributed by atoms with Crippen molar-refractivity contribution in [2.24, 2.45) is 16.6 Å². The first-order valence-electron chi connectivity index (χ1n) is 7.43. The molecule has 0 atom stereocenters. The van der Waals surface area contributed by atoms with Gasteiger partial charge in [-0.2, -0.15) is 0 Å². The fourth-order valence-electron chi connectivity index (χ4n) is 2.29. The Morgan fingerprint density at radius 2 is 2.18 bits per heavy atom. The van der Waals surface area contributed by atoms with Gasteiger partial charge in [0, 0.05) is 6.54 Å². The lowest BCUT2D eigenvalue weighted by molar-refractivity contribution is 0.0597. The van der Waals surface area contributed by atoms with Gasteiger partial charge in [0.15, 0.2) is 5.96 Å². The number of guanidine groups is 1. The van der Waals surface area contributed by atoms with Crippen LogP contribution in [-0.2, 0) is 11.3 Å². The summed E-state index contributed by atoms with van der Waals surface area (Å²) >= 11 is 0. The molecule has 1 saturated carbocycles. The number of rotatable bonds is 6. The normalized spacial score (nSPS) is 15.1. The van der Waals surface area contributed by atoms with Crippen LogP contribution in [0.2, 0.25) is 0 Å². The zero-order valence-electron chi connectivity index (χ0n) is 13.1. The van der Waals surface area contributed by atoms with E-state index >= 15 is 0 Å². The number of nitrogens with two attached hydrogens (primary N) is 1. The van der Waals surface area contributed by atoms with Crippen LogP contribution in [-0.4, -0.2) is 32.7 Å². The van der Waals surface area contributed by atoms with Crippen LogP contribution in [0.3, 0.4) is 0 Å². The van der Waals surface area contributed by atoms with Crippen molar-refractivity contribution < 1.29 is 14.3 Å². The molecular weight excluding hydrogens is 282 g/mol. The van der Waals surface area contributed by atoms with Gasteiger partial charge in [0.25, 0.3) is 0 Å². The van der Waals surface area contributed by atoms with Crippen molar-refractivity contribution in [1.82, 2.24) is 5.32 Å². The van der Waals surface area contributed by atoms with Gasteiger partial charge < -0.3 is 20.5 Å². The van der Waals surface area contributed by atoms with Gasteiger partial charge in [-0.15, -0.1) is 0 Å². The lowest BCUT2D eigenvalue weighted by Crippen LogP contribution is -2.37. The molecule has 1 aliphatic carbocycles. The number of aliphatic imine (C=N–C) groups is 1. The average molecular weight is 305 g/mol. The number of carbonyl (C=O) groups excluding carboxylic acids is 1. The molecule has 1 fully saturated rings. The maximum absolute atomic E-state index is 11.6. The Morgan fingerprint density at radius 3 is 2.77 bits per heavy atom. The summed E-state index contributed by atoms with van der Waals surface area (Å²) in [5.74, 6) is 1.23. The zero-order valence-corrected chi connectivity index (χ0v) is 13.1. The highest BCUT2D eigenvalue weighted by Gasteiger charge is 2.17. The predicted molar refractivity (Wildman–Crippen MR) is 85.0 cm³/mol. The van der Waals surface area contributed by atoms with E-state index in [1.807, 2.05) is 6.07 Å². The fourth-order valence-corrected chi connectivity index (χ4v) is 2.29. The van der Waals surface area contributed by atoms with Crippen LogP contribution in [0.5, 0.6) is 5.75 Å². The maximum atomic E-state index is 11.6. The monoisotopic (exact) mass is 305 g/mol. The average Bonchev–Trinajstić information content (AvgIpc) is 2.50. The Labute approximate surface area is 130 Å². The van der Waals surface area contributed by atoms with Crippen molar-refractivity contribution >= 4 is 11.9 Å². The Balaban J connectivity index is 1.95. The minimum atomic E-state index is -0.423. The highest BCUT2D eigenvalue weighted by Crippen LogP contribution is 2.25. The molecule has 22 heavy (non-hydrogen) atoms. The largest absolute Gasteiger partial charge is 0.496 e. The molecule has 3 N–H and O–H groups in total. The SMILES string of the molecule is COC(=O)c1ccc(CN=C(N)NCC2CCC2)cc1OC. The number of hydrogen-bond donors (Lipinski definition) is 2. The van der Waals surface area contributed by atoms with Gasteiger partial charge in [0.1, 0.15) is 11.3 Å². The predicted octanol–water partition coefficient (Wildman–Crippen LogP) is 1.69. The summed E-state index contributed by atoms with van der Waals surface area (Å²) in [4.78, 5) is 15.9. The van der Waals surface area contributed by atoms with Crippen molar-refractivity contribution in [3.8, 4) is 5.75 Å². The van der Waals surface area contributed by atoms with Crippen molar-refractivity contribution in [3.05, 3.63) is 29.3 Å². The third-order valence-corrected chi connectivity index (χ3v) is 3.90. The van der Waals surface area contributed by atoms with Gasteiger partial charge in [-0.05, 0) is 36.5 Å². The van der Waals surface area contributed by atoms with Crippen LogP contribution in [0, 0.1) is 5.92 Å². The smallest absolute Gasteiger partial charge is 0.341 e. The van der Waals surface area contributed by atoms with Gasteiger partial charge in [0.05, 0.1) is 20.8 Å². The number of methoxy groups -OCH3 is 2. The summed E-state index contributed by atoms with van der Waals surface area (Å²) in [5.41, 5.74) is 7.16. The Kier molecular flexibility index (Phi) is 5.63. The highest BCUT2D eigenvalue weighted by atomic mass is 16.5. The molecule has 120 valence electrons. The molecule has 6 heteroatoms. The molecule has 0 amide bonds. The minimum Gasteiger partial charge on any atom is -0.496 e. The second-order valence-corrected chi connectivity index (χ2v) is 5.41. The standard InChI is InChI=1S/C16H23N3O3/c1-21-14-8-12(6-7-13(14)15(20)22-2)10-19-16(17)18-9-11-4-3-5-11/h6-8,11H,3-5,9-10H2,1-2H3,(H3,17,18,19). The van der Waals surface area contributed by atoms with Crippen LogP contribution in [0.25, 0.3) is 0 Å². The number of esters is 1.